The lowest BCUT2D eigenvalue weighted by Crippen LogP contribution is -2.40. The summed E-state index contributed by atoms with van der Waals surface area (Å²) >= 11 is 0. The van der Waals surface area contributed by atoms with Crippen LogP contribution in [0.3, 0.4) is 0 Å². The van der Waals surface area contributed by atoms with Crippen molar-refractivity contribution in [3.63, 3.8) is 0 Å². The number of rotatable bonds is 9. The molecular weight excluding hydrogens is 373 g/mol. The molecule has 160 valence electrons. The first-order chi connectivity index (χ1) is 13.7. The third-order valence-electron chi connectivity index (χ3n) is 5.95. The number of aromatic hydroxyl groups is 1. The molecule has 2 aromatic carbocycles. The molecule has 2 rings (SSSR count). The Morgan fingerprint density at radius 3 is 2.21 bits per heavy atom. The molecule has 0 fully saturated rings. The summed E-state index contributed by atoms with van der Waals surface area (Å²) in [6.07, 6.45) is 3.21. The molecule has 0 amide bonds. The third-order valence-corrected chi connectivity index (χ3v) is 8.21. The first-order valence-electron chi connectivity index (χ1n) is 11.1. The Kier molecular flexibility index (Phi) is 8.18. The van der Waals surface area contributed by atoms with E-state index in [1.165, 1.54) is 22.1 Å². The number of hydrogen-bond acceptors (Lipinski definition) is 2. The summed E-state index contributed by atoms with van der Waals surface area (Å²) in [6.45, 7) is 18.0. The number of anilines is 1. The van der Waals surface area contributed by atoms with Gasteiger partial charge in [-0.05, 0) is 77.4 Å². The lowest BCUT2D eigenvalue weighted by atomic mass is 9.89. The standard InChI is InChI=1S/C26H40NOP/c1-9-16-26(10-2,22-17-20(7)14-15-24(22)28)29-25-21(8)12-11-13-23(25)27(18(3)4)19(5)6/h11-15,17-19,28-29H,9-10,16H2,1-8H3. The van der Waals surface area contributed by atoms with Crippen molar-refractivity contribution < 1.29 is 5.11 Å². The van der Waals surface area contributed by atoms with Crippen molar-refractivity contribution in [3.8, 4) is 5.75 Å². The lowest BCUT2D eigenvalue weighted by Gasteiger charge is -2.39. The van der Waals surface area contributed by atoms with Crippen molar-refractivity contribution in [1.29, 1.82) is 0 Å². The van der Waals surface area contributed by atoms with E-state index in [-0.39, 0.29) is 5.16 Å². The molecule has 2 nitrogen and oxygen atoms in total. The second kappa shape index (κ2) is 9.98. The van der Waals surface area contributed by atoms with Crippen molar-refractivity contribution in [1.82, 2.24) is 0 Å². The van der Waals surface area contributed by atoms with Crippen LogP contribution in [0.15, 0.2) is 36.4 Å². The van der Waals surface area contributed by atoms with Crippen LogP contribution in [0.5, 0.6) is 5.75 Å². The van der Waals surface area contributed by atoms with Crippen LogP contribution in [0, 0.1) is 13.8 Å². The highest BCUT2D eigenvalue weighted by Crippen LogP contribution is 2.52. The molecule has 0 aliphatic heterocycles. The molecule has 3 heteroatoms. The van der Waals surface area contributed by atoms with Crippen LogP contribution in [-0.4, -0.2) is 17.2 Å². The van der Waals surface area contributed by atoms with Gasteiger partial charge < -0.3 is 10.0 Å². The SMILES string of the molecule is CCCC(CC)(Pc1c(C)cccc1N(C(C)C)C(C)C)c1cc(C)ccc1O. The van der Waals surface area contributed by atoms with Crippen LogP contribution in [0.4, 0.5) is 5.69 Å². The monoisotopic (exact) mass is 413 g/mol. The maximum absolute atomic E-state index is 10.8. The van der Waals surface area contributed by atoms with Gasteiger partial charge in [-0.3, -0.25) is 0 Å². The van der Waals surface area contributed by atoms with Gasteiger partial charge in [0.1, 0.15) is 5.75 Å². The Morgan fingerprint density at radius 1 is 1.00 bits per heavy atom. The topological polar surface area (TPSA) is 23.5 Å². The fourth-order valence-corrected chi connectivity index (χ4v) is 6.59. The number of hydrogen-bond donors (Lipinski definition) is 1. The summed E-state index contributed by atoms with van der Waals surface area (Å²) < 4.78 is 0. The molecule has 0 saturated carbocycles. The molecule has 1 N–H and O–H groups in total. The molecule has 0 heterocycles. The highest BCUT2D eigenvalue weighted by molar-refractivity contribution is 7.49. The molecule has 0 radical (unpaired) electrons. The molecule has 2 aromatic rings. The van der Waals surface area contributed by atoms with E-state index in [4.69, 9.17) is 0 Å². The minimum Gasteiger partial charge on any atom is -0.508 e. The van der Waals surface area contributed by atoms with Crippen molar-refractivity contribution in [3.05, 3.63) is 53.1 Å². The maximum Gasteiger partial charge on any atom is 0.119 e. The van der Waals surface area contributed by atoms with Crippen LogP contribution >= 0.6 is 8.58 Å². The molecular formula is C26H40NOP. The highest BCUT2D eigenvalue weighted by Gasteiger charge is 2.34. The van der Waals surface area contributed by atoms with Gasteiger partial charge in [-0.15, -0.1) is 0 Å². The highest BCUT2D eigenvalue weighted by atomic mass is 31.1. The Morgan fingerprint density at radius 2 is 1.66 bits per heavy atom. The number of benzene rings is 2. The van der Waals surface area contributed by atoms with E-state index in [9.17, 15) is 5.11 Å². The van der Waals surface area contributed by atoms with Gasteiger partial charge in [-0.1, -0.05) is 58.7 Å². The Labute approximate surface area is 180 Å². The summed E-state index contributed by atoms with van der Waals surface area (Å²) in [4.78, 5) is 2.54. The number of phenolic OH excluding ortho intramolecular Hbond substituents is 1. The maximum atomic E-state index is 10.8. The Balaban J connectivity index is 2.68. The smallest absolute Gasteiger partial charge is 0.119 e. The van der Waals surface area contributed by atoms with E-state index in [0.717, 1.165) is 24.8 Å². The summed E-state index contributed by atoms with van der Waals surface area (Å²) in [5.74, 6) is 0.443. The molecule has 0 spiro atoms. The molecule has 2 unspecified atom stereocenters. The second-order valence-corrected chi connectivity index (χ2v) is 10.6. The van der Waals surface area contributed by atoms with Gasteiger partial charge in [0.05, 0.1) is 0 Å². The normalized spacial score (nSPS) is 14.1. The minimum atomic E-state index is -0.0364. The Hall–Kier alpha value is -1.53. The van der Waals surface area contributed by atoms with E-state index in [1.54, 1.807) is 0 Å². The number of aryl methyl sites for hydroxylation is 2. The summed E-state index contributed by atoms with van der Waals surface area (Å²) in [5.41, 5.74) is 5.05. The second-order valence-electron chi connectivity index (χ2n) is 8.90. The summed E-state index contributed by atoms with van der Waals surface area (Å²) in [7, 11) is 0.617. The molecule has 2 atom stereocenters. The van der Waals surface area contributed by atoms with Crippen LogP contribution < -0.4 is 10.2 Å². The molecule has 0 saturated heterocycles. The van der Waals surface area contributed by atoms with Gasteiger partial charge in [-0.2, -0.15) is 0 Å². The molecule has 0 bridgehead atoms. The average Bonchev–Trinajstić information content (AvgIpc) is 2.65. The molecule has 0 aromatic heterocycles. The zero-order valence-corrected chi connectivity index (χ0v) is 20.6. The van der Waals surface area contributed by atoms with Gasteiger partial charge in [0.25, 0.3) is 0 Å². The van der Waals surface area contributed by atoms with Gasteiger partial charge in [-0.25, -0.2) is 0 Å². The van der Waals surface area contributed by atoms with Crippen molar-refractivity contribution in [2.45, 2.75) is 91.9 Å². The van der Waals surface area contributed by atoms with Crippen LogP contribution in [0.2, 0.25) is 0 Å². The predicted molar refractivity (Wildman–Crippen MR) is 132 cm³/mol. The number of nitrogens with zero attached hydrogens (tertiary/aromatic N) is 1. The van der Waals surface area contributed by atoms with Gasteiger partial charge in [0.2, 0.25) is 0 Å². The Bertz CT molecular complexity index is 806. The summed E-state index contributed by atoms with van der Waals surface area (Å²) in [5, 5.41) is 12.2. The van der Waals surface area contributed by atoms with Crippen molar-refractivity contribution in [2.24, 2.45) is 0 Å². The van der Waals surface area contributed by atoms with Gasteiger partial charge >= 0.3 is 0 Å². The third kappa shape index (κ3) is 5.15. The van der Waals surface area contributed by atoms with Gasteiger partial charge in [0.15, 0.2) is 0 Å². The van der Waals surface area contributed by atoms with E-state index in [0.29, 0.717) is 26.4 Å². The van der Waals surface area contributed by atoms with Crippen molar-refractivity contribution in [2.75, 3.05) is 4.90 Å². The zero-order valence-electron chi connectivity index (χ0n) is 19.6. The van der Waals surface area contributed by atoms with E-state index >= 15 is 0 Å². The van der Waals surface area contributed by atoms with E-state index in [2.05, 4.69) is 84.6 Å². The van der Waals surface area contributed by atoms with Crippen LogP contribution in [0.1, 0.15) is 77.5 Å². The molecule has 0 aliphatic carbocycles. The molecule has 29 heavy (non-hydrogen) atoms. The van der Waals surface area contributed by atoms with E-state index < -0.39 is 0 Å². The van der Waals surface area contributed by atoms with Crippen LogP contribution in [-0.2, 0) is 5.16 Å². The zero-order chi connectivity index (χ0) is 21.8. The van der Waals surface area contributed by atoms with Crippen molar-refractivity contribution >= 4 is 19.6 Å². The quantitative estimate of drug-likeness (QED) is 0.446. The number of phenols is 1. The molecule has 0 aliphatic rings. The first-order valence-corrected chi connectivity index (χ1v) is 12.1. The fraction of sp³-hybridized carbons (Fsp3) is 0.538. The largest absolute Gasteiger partial charge is 0.508 e. The van der Waals surface area contributed by atoms with E-state index in [1.807, 2.05) is 12.1 Å². The van der Waals surface area contributed by atoms with Gasteiger partial charge in [0, 0.05) is 28.5 Å². The fourth-order valence-electron chi connectivity index (χ4n) is 4.60. The summed E-state index contributed by atoms with van der Waals surface area (Å²) in [6, 6.07) is 13.7. The minimum absolute atomic E-state index is 0.0364. The predicted octanol–water partition coefficient (Wildman–Crippen LogP) is 7.04. The first kappa shape index (κ1) is 23.7. The van der Waals surface area contributed by atoms with Crippen LogP contribution in [0.25, 0.3) is 0 Å². The lowest BCUT2D eigenvalue weighted by molar-refractivity contribution is 0.442. The average molecular weight is 414 g/mol.